The molecule has 2 unspecified atom stereocenters. The maximum absolute atomic E-state index is 13.0. The first-order chi connectivity index (χ1) is 10.8. The van der Waals surface area contributed by atoms with Gasteiger partial charge in [0.15, 0.2) is 0 Å². The van der Waals surface area contributed by atoms with Gasteiger partial charge in [-0.25, -0.2) is 4.39 Å². The van der Waals surface area contributed by atoms with Crippen molar-refractivity contribution in [2.24, 2.45) is 5.92 Å². The Bertz CT molecular complexity index is 570. The molecule has 1 aliphatic heterocycles. The summed E-state index contributed by atoms with van der Waals surface area (Å²) < 4.78 is 19.2. The minimum Gasteiger partial charge on any atom is -0.369 e. The van der Waals surface area contributed by atoms with Gasteiger partial charge in [0, 0.05) is 12.5 Å². The van der Waals surface area contributed by atoms with Crippen molar-refractivity contribution in [1.29, 1.82) is 0 Å². The number of ether oxygens (including phenoxy) is 1. The highest BCUT2D eigenvalue weighted by molar-refractivity contribution is 5.85. The largest absolute Gasteiger partial charge is 0.369 e. The standard InChI is InChI=1S/C19H22FNO.ClH/c20-18-10-8-15(9-11-18)14-22-19(16-5-2-1-3-6-16)17-7-4-12-21-13-17;/h1-3,5-6,8-11,17,19,21H,4,7,12-14H2;1H. The molecule has 1 aliphatic rings. The summed E-state index contributed by atoms with van der Waals surface area (Å²) in [7, 11) is 0. The van der Waals surface area contributed by atoms with E-state index in [4.69, 9.17) is 4.74 Å². The lowest BCUT2D eigenvalue weighted by Gasteiger charge is -2.31. The Labute approximate surface area is 143 Å². The molecule has 23 heavy (non-hydrogen) atoms. The predicted octanol–water partition coefficient (Wildman–Crippen LogP) is 4.51. The van der Waals surface area contributed by atoms with Gasteiger partial charge in [-0.15, -0.1) is 12.4 Å². The van der Waals surface area contributed by atoms with Crippen molar-refractivity contribution in [3.63, 3.8) is 0 Å². The summed E-state index contributed by atoms with van der Waals surface area (Å²) in [5.41, 5.74) is 2.23. The summed E-state index contributed by atoms with van der Waals surface area (Å²) >= 11 is 0. The van der Waals surface area contributed by atoms with Gasteiger partial charge < -0.3 is 10.1 Å². The van der Waals surface area contributed by atoms with Crippen molar-refractivity contribution >= 4 is 12.4 Å². The molecule has 0 aromatic heterocycles. The van der Waals surface area contributed by atoms with Crippen molar-refractivity contribution in [3.05, 3.63) is 71.5 Å². The Morgan fingerprint density at radius 2 is 1.83 bits per heavy atom. The molecule has 0 saturated carbocycles. The van der Waals surface area contributed by atoms with Crippen LogP contribution in [0.25, 0.3) is 0 Å². The van der Waals surface area contributed by atoms with Crippen molar-refractivity contribution < 1.29 is 9.13 Å². The molecule has 0 bridgehead atoms. The number of hydrogen-bond donors (Lipinski definition) is 1. The number of hydrogen-bond acceptors (Lipinski definition) is 2. The van der Waals surface area contributed by atoms with Gasteiger partial charge in [0.25, 0.3) is 0 Å². The molecule has 1 heterocycles. The van der Waals surface area contributed by atoms with Crippen LogP contribution in [0.4, 0.5) is 4.39 Å². The van der Waals surface area contributed by atoms with E-state index in [0.29, 0.717) is 12.5 Å². The van der Waals surface area contributed by atoms with Crippen LogP contribution in [0.1, 0.15) is 30.1 Å². The van der Waals surface area contributed by atoms with E-state index in [0.717, 1.165) is 18.7 Å². The second kappa shape index (κ2) is 9.02. The Kier molecular flexibility index (Phi) is 7.03. The van der Waals surface area contributed by atoms with Crippen LogP contribution in [-0.4, -0.2) is 13.1 Å². The fraction of sp³-hybridized carbons (Fsp3) is 0.368. The second-order valence-electron chi connectivity index (χ2n) is 5.88. The third kappa shape index (κ3) is 5.03. The first-order valence-electron chi connectivity index (χ1n) is 7.94. The van der Waals surface area contributed by atoms with Crippen LogP contribution >= 0.6 is 12.4 Å². The Morgan fingerprint density at radius 3 is 2.48 bits per heavy atom. The topological polar surface area (TPSA) is 21.3 Å². The molecule has 0 aliphatic carbocycles. The van der Waals surface area contributed by atoms with Crippen LogP contribution < -0.4 is 5.32 Å². The summed E-state index contributed by atoms with van der Waals surface area (Å²) in [6.45, 7) is 2.59. The van der Waals surface area contributed by atoms with E-state index in [9.17, 15) is 4.39 Å². The van der Waals surface area contributed by atoms with E-state index in [1.165, 1.54) is 30.5 Å². The maximum atomic E-state index is 13.0. The molecule has 0 amide bonds. The molecule has 2 aromatic rings. The van der Waals surface area contributed by atoms with E-state index in [1.54, 1.807) is 12.1 Å². The van der Waals surface area contributed by atoms with Gasteiger partial charge in [0.05, 0.1) is 12.7 Å². The zero-order chi connectivity index (χ0) is 15.2. The van der Waals surface area contributed by atoms with Crippen molar-refractivity contribution in [2.75, 3.05) is 13.1 Å². The fourth-order valence-corrected chi connectivity index (χ4v) is 3.05. The molecule has 1 saturated heterocycles. The molecule has 2 nitrogen and oxygen atoms in total. The van der Waals surface area contributed by atoms with Gasteiger partial charge in [-0.2, -0.15) is 0 Å². The predicted molar refractivity (Wildman–Crippen MR) is 93.2 cm³/mol. The number of benzene rings is 2. The van der Waals surface area contributed by atoms with Crippen molar-refractivity contribution in [2.45, 2.75) is 25.6 Å². The Morgan fingerprint density at radius 1 is 1.09 bits per heavy atom. The highest BCUT2D eigenvalue weighted by atomic mass is 35.5. The highest BCUT2D eigenvalue weighted by Gasteiger charge is 2.25. The minimum atomic E-state index is -0.208. The van der Waals surface area contributed by atoms with Gasteiger partial charge in [-0.3, -0.25) is 0 Å². The molecule has 0 radical (unpaired) electrons. The van der Waals surface area contributed by atoms with E-state index in [1.807, 2.05) is 6.07 Å². The van der Waals surface area contributed by atoms with Crippen LogP contribution in [0.2, 0.25) is 0 Å². The van der Waals surface area contributed by atoms with Crippen LogP contribution in [0, 0.1) is 11.7 Å². The molecule has 2 atom stereocenters. The molecule has 3 rings (SSSR count). The van der Waals surface area contributed by atoms with Gasteiger partial charge in [-0.05, 0) is 42.6 Å². The lowest BCUT2D eigenvalue weighted by Crippen LogP contribution is -2.34. The van der Waals surface area contributed by atoms with Crippen molar-refractivity contribution in [1.82, 2.24) is 5.32 Å². The SMILES string of the molecule is Cl.Fc1ccc(COC(c2ccccc2)C2CCCNC2)cc1. The van der Waals surface area contributed by atoms with Gasteiger partial charge >= 0.3 is 0 Å². The first-order valence-corrected chi connectivity index (χ1v) is 7.94. The van der Waals surface area contributed by atoms with Crippen LogP contribution in [-0.2, 0) is 11.3 Å². The smallest absolute Gasteiger partial charge is 0.123 e. The molecular weight excluding hydrogens is 313 g/mol. The fourth-order valence-electron chi connectivity index (χ4n) is 3.05. The maximum Gasteiger partial charge on any atom is 0.123 e. The lowest BCUT2D eigenvalue weighted by molar-refractivity contribution is -0.00813. The molecule has 1 fully saturated rings. The van der Waals surface area contributed by atoms with Gasteiger partial charge in [-0.1, -0.05) is 42.5 Å². The van der Waals surface area contributed by atoms with E-state index < -0.39 is 0 Å². The second-order valence-corrected chi connectivity index (χ2v) is 5.88. The summed E-state index contributed by atoms with van der Waals surface area (Å²) in [5, 5.41) is 3.46. The van der Waals surface area contributed by atoms with Gasteiger partial charge in [0.2, 0.25) is 0 Å². The molecular formula is C19H23ClFNO. The molecule has 1 N–H and O–H groups in total. The van der Waals surface area contributed by atoms with E-state index >= 15 is 0 Å². The average Bonchev–Trinajstić information content (AvgIpc) is 2.59. The van der Waals surface area contributed by atoms with E-state index in [-0.39, 0.29) is 24.3 Å². The number of rotatable bonds is 5. The molecule has 4 heteroatoms. The zero-order valence-corrected chi connectivity index (χ0v) is 13.9. The summed E-state index contributed by atoms with van der Waals surface area (Å²) in [6, 6.07) is 16.9. The normalized spacial score (nSPS) is 18.9. The number of piperidine rings is 1. The Hall–Kier alpha value is -1.42. The average molecular weight is 336 g/mol. The molecule has 0 spiro atoms. The summed E-state index contributed by atoms with van der Waals surface area (Å²) in [6.07, 6.45) is 2.45. The van der Waals surface area contributed by atoms with Crippen LogP contribution in [0.15, 0.2) is 54.6 Å². The molecule has 124 valence electrons. The van der Waals surface area contributed by atoms with Crippen molar-refractivity contribution in [3.8, 4) is 0 Å². The van der Waals surface area contributed by atoms with Crippen LogP contribution in [0.3, 0.4) is 0 Å². The minimum absolute atomic E-state index is 0. The third-order valence-corrected chi connectivity index (χ3v) is 4.23. The Balaban J connectivity index is 0.00000192. The number of nitrogens with one attached hydrogen (secondary N) is 1. The highest BCUT2D eigenvalue weighted by Crippen LogP contribution is 2.31. The van der Waals surface area contributed by atoms with E-state index in [2.05, 4.69) is 29.6 Å². The first kappa shape index (κ1) is 17.9. The monoisotopic (exact) mass is 335 g/mol. The molecule has 2 aromatic carbocycles. The quantitative estimate of drug-likeness (QED) is 0.868. The van der Waals surface area contributed by atoms with Gasteiger partial charge in [0.1, 0.15) is 5.82 Å². The summed E-state index contributed by atoms with van der Waals surface area (Å²) in [4.78, 5) is 0. The zero-order valence-electron chi connectivity index (χ0n) is 13.1. The third-order valence-electron chi connectivity index (χ3n) is 4.23. The number of halogens is 2. The summed E-state index contributed by atoms with van der Waals surface area (Å²) in [5.74, 6) is 0.274. The lowest BCUT2D eigenvalue weighted by atomic mass is 9.89. The van der Waals surface area contributed by atoms with Crippen LogP contribution in [0.5, 0.6) is 0 Å².